The van der Waals surface area contributed by atoms with Gasteiger partial charge < -0.3 is 4.74 Å². The first kappa shape index (κ1) is 12.3. The summed E-state index contributed by atoms with van der Waals surface area (Å²) in [7, 11) is 1.65. The summed E-state index contributed by atoms with van der Waals surface area (Å²) in [6.07, 6.45) is 1.26. The Balaban J connectivity index is 2.21. The second-order valence-electron chi connectivity index (χ2n) is 5.09. The summed E-state index contributed by atoms with van der Waals surface area (Å²) in [5, 5.41) is 0.781. The van der Waals surface area contributed by atoms with Gasteiger partial charge in [0.1, 0.15) is 5.75 Å². The second kappa shape index (κ2) is 4.23. The average molecular weight is 304 g/mol. The van der Waals surface area contributed by atoms with Crippen LogP contribution in [0.2, 0.25) is 5.02 Å². The quantitative estimate of drug-likeness (QED) is 0.727. The number of benzene rings is 1. The predicted octanol–water partition coefficient (Wildman–Crippen LogP) is 4.83. The third kappa shape index (κ3) is 2.23. The average Bonchev–Trinajstić information content (AvgIpc) is 2.86. The van der Waals surface area contributed by atoms with E-state index >= 15 is 0 Å². The molecular weight excluding hydrogens is 287 g/mol. The summed E-state index contributed by atoms with van der Waals surface area (Å²) in [6, 6.07) is 5.89. The first-order valence-electron chi connectivity index (χ1n) is 5.43. The van der Waals surface area contributed by atoms with Crippen molar-refractivity contribution in [3.63, 3.8) is 0 Å². The molecule has 0 heterocycles. The lowest BCUT2D eigenvalue weighted by molar-refractivity contribution is 0.414. The smallest absolute Gasteiger partial charge is 0.120 e. The lowest BCUT2D eigenvalue weighted by Gasteiger charge is -2.14. The molecule has 88 valence electrons. The van der Waals surface area contributed by atoms with Gasteiger partial charge in [-0.25, -0.2) is 0 Å². The van der Waals surface area contributed by atoms with Crippen LogP contribution in [0.1, 0.15) is 30.7 Å². The van der Waals surface area contributed by atoms with Gasteiger partial charge in [0.05, 0.1) is 7.11 Å². The summed E-state index contributed by atoms with van der Waals surface area (Å²) < 4.78 is 5.15. The fourth-order valence-electron chi connectivity index (χ4n) is 2.08. The van der Waals surface area contributed by atoms with Crippen LogP contribution in [0.4, 0.5) is 0 Å². The van der Waals surface area contributed by atoms with E-state index in [0.717, 1.165) is 16.3 Å². The van der Waals surface area contributed by atoms with Crippen LogP contribution in [-0.2, 0) is 0 Å². The van der Waals surface area contributed by atoms with E-state index in [1.165, 1.54) is 6.42 Å². The fourth-order valence-corrected chi connectivity index (χ4v) is 3.80. The summed E-state index contributed by atoms with van der Waals surface area (Å²) in [6.45, 7) is 4.59. The minimum atomic E-state index is 0.348. The molecule has 3 heteroatoms. The third-order valence-corrected chi connectivity index (χ3v) is 4.91. The topological polar surface area (TPSA) is 9.23 Å². The number of hydrogen-bond donors (Lipinski definition) is 0. The van der Waals surface area contributed by atoms with Crippen LogP contribution in [0.3, 0.4) is 0 Å². The van der Waals surface area contributed by atoms with Gasteiger partial charge in [0.25, 0.3) is 0 Å². The molecule has 2 unspecified atom stereocenters. The minimum Gasteiger partial charge on any atom is -0.497 e. The van der Waals surface area contributed by atoms with E-state index in [1.54, 1.807) is 7.11 Å². The molecule has 0 aliphatic heterocycles. The van der Waals surface area contributed by atoms with E-state index in [9.17, 15) is 0 Å². The zero-order valence-corrected chi connectivity index (χ0v) is 12.1. The van der Waals surface area contributed by atoms with Crippen molar-refractivity contribution in [2.24, 2.45) is 11.3 Å². The number of rotatable bonds is 3. The zero-order valence-electron chi connectivity index (χ0n) is 9.76. The number of ether oxygens (including phenoxy) is 1. The summed E-state index contributed by atoms with van der Waals surface area (Å²) in [4.78, 5) is 0.348. The van der Waals surface area contributed by atoms with E-state index in [2.05, 4.69) is 35.8 Å². The van der Waals surface area contributed by atoms with Crippen molar-refractivity contribution in [3.05, 3.63) is 28.8 Å². The van der Waals surface area contributed by atoms with Crippen molar-refractivity contribution in [1.29, 1.82) is 0 Å². The Bertz CT molecular complexity index is 403. The molecule has 1 aromatic rings. The molecule has 16 heavy (non-hydrogen) atoms. The van der Waals surface area contributed by atoms with Gasteiger partial charge in [-0.15, -0.1) is 0 Å². The van der Waals surface area contributed by atoms with E-state index < -0.39 is 0 Å². The predicted molar refractivity (Wildman–Crippen MR) is 71.6 cm³/mol. The van der Waals surface area contributed by atoms with Crippen LogP contribution in [0.15, 0.2) is 18.2 Å². The SMILES string of the molecule is COc1ccc(C(Br)C2CC2(C)C)c(Cl)c1. The van der Waals surface area contributed by atoms with Crippen molar-refractivity contribution in [2.75, 3.05) is 7.11 Å². The Morgan fingerprint density at radius 1 is 1.50 bits per heavy atom. The Morgan fingerprint density at radius 2 is 2.12 bits per heavy atom. The van der Waals surface area contributed by atoms with Crippen molar-refractivity contribution in [2.45, 2.75) is 25.1 Å². The highest BCUT2D eigenvalue weighted by Crippen LogP contribution is 2.61. The van der Waals surface area contributed by atoms with Crippen LogP contribution < -0.4 is 4.74 Å². The molecule has 0 spiro atoms. The van der Waals surface area contributed by atoms with Crippen LogP contribution in [0.25, 0.3) is 0 Å². The molecule has 2 rings (SSSR count). The lowest BCUT2D eigenvalue weighted by atomic mass is 10.0. The Kier molecular flexibility index (Phi) is 3.24. The van der Waals surface area contributed by atoms with Gasteiger partial charge in [-0.1, -0.05) is 47.4 Å². The van der Waals surface area contributed by atoms with E-state index in [-0.39, 0.29) is 0 Å². The molecule has 0 radical (unpaired) electrons. The van der Waals surface area contributed by atoms with E-state index in [4.69, 9.17) is 16.3 Å². The number of halogens is 2. The first-order chi connectivity index (χ1) is 7.45. The Morgan fingerprint density at radius 3 is 2.56 bits per heavy atom. The van der Waals surface area contributed by atoms with Crippen molar-refractivity contribution >= 4 is 27.5 Å². The molecule has 0 amide bonds. The lowest BCUT2D eigenvalue weighted by Crippen LogP contribution is -1.99. The molecule has 1 aliphatic rings. The van der Waals surface area contributed by atoms with Gasteiger partial charge in [0.15, 0.2) is 0 Å². The fraction of sp³-hybridized carbons (Fsp3) is 0.538. The Labute approximate surface area is 110 Å². The van der Waals surface area contributed by atoms with Gasteiger partial charge in [0, 0.05) is 9.85 Å². The number of hydrogen-bond acceptors (Lipinski definition) is 1. The highest BCUT2D eigenvalue weighted by Gasteiger charge is 2.50. The summed E-state index contributed by atoms with van der Waals surface area (Å²) >= 11 is 10.0. The molecule has 0 N–H and O–H groups in total. The largest absolute Gasteiger partial charge is 0.497 e. The van der Waals surface area contributed by atoms with Gasteiger partial charge in [-0.3, -0.25) is 0 Å². The molecule has 2 atom stereocenters. The monoisotopic (exact) mass is 302 g/mol. The maximum Gasteiger partial charge on any atom is 0.120 e. The van der Waals surface area contributed by atoms with E-state index in [0.29, 0.717) is 16.2 Å². The van der Waals surface area contributed by atoms with Crippen molar-refractivity contribution in [3.8, 4) is 5.75 Å². The molecule has 0 aromatic heterocycles. The molecular formula is C13H16BrClO. The van der Waals surface area contributed by atoms with E-state index in [1.807, 2.05) is 12.1 Å². The van der Waals surface area contributed by atoms with Crippen LogP contribution in [0, 0.1) is 11.3 Å². The van der Waals surface area contributed by atoms with Gasteiger partial charge in [0.2, 0.25) is 0 Å². The Hall–Kier alpha value is -0.210. The molecule has 1 fully saturated rings. The normalized spacial score (nSPS) is 23.9. The van der Waals surface area contributed by atoms with Crippen molar-refractivity contribution in [1.82, 2.24) is 0 Å². The highest BCUT2D eigenvalue weighted by atomic mass is 79.9. The van der Waals surface area contributed by atoms with Crippen LogP contribution >= 0.6 is 27.5 Å². The number of alkyl halides is 1. The second-order valence-corrected chi connectivity index (χ2v) is 6.48. The molecule has 0 saturated heterocycles. The molecule has 1 aliphatic carbocycles. The van der Waals surface area contributed by atoms with Crippen LogP contribution in [-0.4, -0.2) is 7.11 Å². The number of methoxy groups -OCH3 is 1. The van der Waals surface area contributed by atoms with Crippen molar-refractivity contribution < 1.29 is 4.74 Å². The van der Waals surface area contributed by atoms with Crippen LogP contribution in [0.5, 0.6) is 5.75 Å². The standard InChI is InChI=1S/C13H16BrClO/c1-13(2)7-10(13)12(14)9-5-4-8(16-3)6-11(9)15/h4-6,10,12H,7H2,1-3H3. The van der Waals surface area contributed by atoms with Gasteiger partial charge in [-0.2, -0.15) is 0 Å². The highest BCUT2D eigenvalue weighted by molar-refractivity contribution is 9.09. The zero-order chi connectivity index (χ0) is 11.9. The van der Waals surface area contributed by atoms with Gasteiger partial charge >= 0.3 is 0 Å². The summed E-state index contributed by atoms with van der Waals surface area (Å²) in [5.41, 5.74) is 1.61. The third-order valence-electron chi connectivity index (χ3n) is 3.45. The minimum absolute atomic E-state index is 0.348. The maximum absolute atomic E-state index is 6.26. The molecule has 1 aromatic carbocycles. The molecule has 0 bridgehead atoms. The summed E-state index contributed by atoms with van der Waals surface area (Å²) in [5.74, 6) is 1.49. The van der Waals surface area contributed by atoms with Gasteiger partial charge in [-0.05, 0) is 35.4 Å². The maximum atomic E-state index is 6.26. The molecule has 1 nitrogen and oxygen atoms in total. The molecule has 1 saturated carbocycles. The first-order valence-corrected chi connectivity index (χ1v) is 6.72.